The molecule has 0 amide bonds. The molecule has 0 N–H and O–H groups in total. The van der Waals surface area contributed by atoms with E-state index in [1.165, 1.54) is 33.0 Å². The standard InChI is InChI=1S/C26H25N3O6/c1-15-11-16(8-10-27-15)14-29-23(26(31)35-5)21(18-7-6-9-28-22(18)25(29)30)17-12-19(32-2)24(34-4)20(13-17)33-3/h6-13H,14H2,1-5H3. The highest BCUT2D eigenvalue weighted by molar-refractivity contribution is 6.06. The van der Waals surface area contributed by atoms with Crippen molar-refractivity contribution in [2.75, 3.05) is 28.4 Å². The first-order chi connectivity index (χ1) is 16.9. The lowest BCUT2D eigenvalue weighted by Crippen LogP contribution is -2.29. The van der Waals surface area contributed by atoms with Crippen molar-refractivity contribution in [3.63, 3.8) is 0 Å². The number of rotatable bonds is 7. The lowest BCUT2D eigenvalue weighted by molar-refractivity contribution is 0.0588. The largest absolute Gasteiger partial charge is 0.493 e. The number of esters is 1. The number of aryl methyl sites for hydroxylation is 1. The Hall–Kier alpha value is -4.40. The maximum Gasteiger partial charge on any atom is 0.355 e. The van der Waals surface area contributed by atoms with E-state index in [0.29, 0.717) is 33.8 Å². The van der Waals surface area contributed by atoms with Gasteiger partial charge in [-0.2, -0.15) is 0 Å². The van der Waals surface area contributed by atoms with E-state index in [-0.39, 0.29) is 17.8 Å². The second-order valence-corrected chi connectivity index (χ2v) is 7.73. The molecule has 0 bridgehead atoms. The van der Waals surface area contributed by atoms with Crippen LogP contribution < -0.4 is 19.8 Å². The summed E-state index contributed by atoms with van der Waals surface area (Å²) in [7, 11) is 5.81. The Balaban J connectivity index is 2.14. The maximum absolute atomic E-state index is 13.6. The number of hydrogen-bond acceptors (Lipinski definition) is 8. The molecule has 3 heterocycles. The van der Waals surface area contributed by atoms with Gasteiger partial charge in [0.15, 0.2) is 11.5 Å². The third kappa shape index (κ3) is 4.28. The normalized spacial score (nSPS) is 10.8. The fourth-order valence-corrected chi connectivity index (χ4v) is 4.13. The summed E-state index contributed by atoms with van der Waals surface area (Å²) in [6, 6.07) is 10.6. The van der Waals surface area contributed by atoms with Crippen LogP contribution in [0.15, 0.2) is 53.6 Å². The van der Waals surface area contributed by atoms with E-state index in [2.05, 4.69) is 9.97 Å². The molecule has 9 nitrogen and oxygen atoms in total. The van der Waals surface area contributed by atoms with E-state index in [1.807, 2.05) is 13.0 Å². The summed E-state index contributed by atoms with van der Waals surface area (Å²) in [4.78, 5) is 35.4. The summed E-state index contributed by atoms with van der Waals surface area (Å²) >= 11 is 0. The first-order valence-electron chi connectivity index (χ1n) is 10.7. The van der Waals surface area contributed by atoms with Crippen LogP contribution in [-0.2, 0) is 11.3 Å². The molecule has 180 valence electrons. The van der Waals surface area contributed by atoms with Crippen molar-refractivity contribution in [3.8, 4) is 28.4 Å². The lowest BCUT2D eigenvalue weighted by atomic mass is 9.97. The van der Waals surface area contributed by atoms with Crippen LogP contribution in [0.3, 0.4) is 0 Å². The van der Waals surface area contributed by atoms with Gasteiger partial charge < -0.3 is 18.9 Å². The number of pyridine rings is 3. The van der Waals surface area contributed by atoms with Crippen molar-refractivity contribution in [3.05, 3.63) is 76.1 Å². The second kappa shape index (κ2) is 9.84. The van der Waals surface area contributed by atoms with Crippen LogP contribution in [0.4, 0.5) is 0 Å². The SMILES string of the molecule is COC(=O)c1c(-c2cc(OC)c(OC)c(OC)c2)c2cccnc2c(=O)n1Cc1ccnc(C)c1. The Morgan fingerprint density at radius 2 is 1.66 bits per heavy atom. The van der Waals surface area contributed by atoms with Crippen molar-refractivity contribution >= 4 is 16.9 Å². The average molecular weight is 476 g/mol. The monoisotopic (exact) mass is 475 g/mol. The molecule has 4 aromatic rings. The van der Waals surface area contributed by atoms with E-state index in [4.69, 9.17) is 18.9 Å². The first-order valence-corrected chi connectivity index (χ1v) is 10.7. The van der Waals surface area contributed by atoms with Crippen LogP contribution in [0.2, 0.25) is 0 Å². The molecule has 4 rings (SSSR count). The summed E-state index contributed by atoms with van der Waals surface area (Å²) in [6.07, 6.45) is 3.20. The molecule has 0 radical (unpaired) electrons. The van der Waals surface area contributed by atoms with Crippen molar-refractivity contribution < 1.29 is 23.7 Å². The van der Waals surface area contributed by atoms with Crippen LogP contribution in [-0.4, -0.2) is 48.9 Å². The molecule has 0 aliphatic heterocycles. The number of carbonyl (C=O) groups is 1. The molecular weight excluding hydrogens is 450 g/mol. The highest BCUT2D eigenvalue weighted by Crippen LogP contribution is 2.43. The third-order valence-corrected chi connectivity index (χ3v) is 5.67. The average Bonchev–Trinajstić information content (AvgIpc) is 2.88. The highest BCUT2D eigenvalue weighted by atomic mass is 16.5. The molecule has 3 aromatic heterocycles. The van der Waals surface area contributed by atoms with Gasteiger partial charge in [0.25, 0.3) is 5.56 Å². The molecular formula is C26H25N3O6. The van der Waals surface area contributed by atoms with Crippen LogP contribution in [0.1, 0.15) is 21.7 Å². The third-order valence-electron chi connectivity index (χ3n) is 5.67. The highest BCUT2D eigenvalue weighted by Gasteiger charge is 2.26. The molecule has 0 unspecified atom stereocenters. The Bertz CT molecular complexity index is 1450. The van der Waals surface area contributed by atoms with Crippen molar-refractivity contribution in [1.82, 2.24) is 14.5 Å². The molecule has 9 heteroatoms. The van der Waals surface area contributed by atoms with Crippen LogP contribution in [0.25, 0.3) is 22.0 Å². The zero-order valence-electron chi connectivity index (χ0n) is 20.1. The smallest absolute Gasteiger partial charge is 0.355 e. The molecule has 0 saturated carbocycles. The van der Waals surface area contributed by atoms with Gasteiger partial charge in [-0.3, -0.25) is 19.3 Å². The van der Waals surface area contributed by atoms with E-state index >= 15 is 0 Å². The molecule has 0 spiro atoms. The quantitative estimate of drug-likeness (QED) is 0.374. The van der Waals surface area contributed by atoms with Gasteiger partial charge in [-0.05, 0) is 48.4 Å². The Kier molecular flexibility index (Phi) is 6.68. The van der Waals surface area contributed by atoms with Gasteiger partial charge in [0.05, 0.1) is 35.0 Å². The fourth-order valence-electron chi connectivity index (χ4n) is 4.13. The van der Waals surface area contributed by atoms with E-state index in [1.54, 1.807) is 42.7 Å². The topological polar surface area (TPSA) is 102 Å². The minimum Gasteiger partial charge on any atom is -0.493 e. The summed E-state index contributed by atoms with van der Waals surface area (Å²) in [5.41, 5.74) is 2.51. The molecule has 0 fully saturated rings. The minimum atomic E-state index is -0.664. The minimum absolute atomic E-state index is 0.0849. The van der Waals surface area contributed by atoms with Crippen LogP contribution >= 0.6 is 0 Å². The van der Waals surface area contributed by atoms with Crippen LogP contribution in [0, 0.1) is 6.92 Å². The van der Waals surface area contributed by atoms with Gasteiger partial charge in [-0.1, -0.05) is 6.07 Å². The second-order valence-electron chi connectivity index (χ2n) is 7.73. The van der Waals surface area contributed by atoms with Crippen molar-refractivity contribution in [2.45, 2.75) is 13.5 Å². The van der Waals surface area contributed by atoms with Gasteiger partial charge in [0, 0.05) is 29.0 Å². The summed E-state index contributed by atoms with van der Waals surface area (Å²) < 4.78 is 23.0. The van der Waals surface area contributed by atoms with E-state index in [0.717, 1.165) is 11.3 Å². The predicted octanol–water partition coefficient (Wildman–Crippen LogP) is 3.63. The van der Waals surface area contributed by atoms with Crippen molar-refractivity contribution in [1.29, 1.82) is 0 Å². The van der Waals surface area contributed by atoms with Gasteiger partial charge in [-0.15, -0.1) is 0 Å². The summed E-state index contributed by atoms with van der Waals surface area (Å²) in [6.45, 7) is 1.98. The van der Waals surface area contributed by atoms with Gasteiger partial charge in [0.1, 0.15) is 11.2 Å². The molecule has 0 aliphatic rings. The number of hydrogen-bond donors (Lipinski definition) is 0. The van der Waals surface area contributed by atoms with E-state index < -0.39 is 11.5 Å². The summed E-state index contributed by atoms with van der Waals surface area (Å²) in [5, 5.41) is 0.495. The zero-order chi connectivity index (χ0) is 25.1. The molecule has 1 aromatic carbocycles. The molecule has 0 saturated heterocycles. The number of nitrogens with zero attached hydrogens (tertiary/aromatic N) is 3. The number of carbonyl (C=O) groups excluding carboxylic acids is 1. The number of fused-ring (bicyclic) bond motifs is 1. The Morgan fingerprint density at radius 3 is 2.26 bits per heavy atom. The van der Waals surface area contributed by atoms with E-state index in [9.17, 15) is 9.59 Å². The number of methoxy groups -OCH3 is 4. The lowest BCUT2D eigenvalue weighted by Gasteiger charge is -2.20. The van der Waals surface area contributed by atoms with Gasteiger partial charge in [0.2, 0.25) is 5.75 Å². The van der Waals surface area contributed by atoms with Crippen molar-refractivity contribution in [2.24, 2.45) is 0 Å². The number of ether oxygens (including phenoxy) is 4. The molecule has 0 aliphatic carbocycles. The first kappa shape index (κ1) is 23.7. The fraction of sp³-hybridized carbons (Fsp3) is 0.231. The van der Waals surface area contributed by atoms with Gasteiger partial charge >= 0.3 is 5.97 Å². The van der Waals surface area contributed by atoms with Gasteiger partial charge in [-0.25, -0.2) is 4.79 Å². The zero-order valence-corrected chi connectivity index (χ0v) is 20.1. The Morgan fingerprint density at radius 1 is 0.943 bits per heavy atom. The summed E-state index contributed by atoms with van der Waals surface area (Å²) in [5.74, 6) is 0.540. The molecule has 0 atom stereocenters. The number of benzene rings is 1. The maximum atomic E-state index is 13.6. The predicted molar refractivity (Wildman–Crippen MR) is 131 cm³/mol. The Labute approximate surface area is 201 Å². The van der Waals surface area contributed by atoms with Crippen LogP contribution in [0.5, 0.6) is 17.2 Å². The number of aromatic nitrogens is 3. The molecule has 35 heavy (non-hydrogen) atoms.